The second kappa shape index (κ2) is 6.68. The fourth-order valence-corrected chi connectivity index (χ4v) is 3.37. The van der Waals surface area contributed by atoms with Crippen LogP contribution in [0.5, 0.6) is 0 Å². The molecular formula is C16H21N2O7+. The van der Waals surface area contributed by atoms with Gasteiger partial charge in [0.15, 0.2) is 24.6 Å². The first-order valence-electron chi connectivity index (χ1n) is 8.00. The third-order valence-corrected chi connectivity index (χ3v) is 4.85. The van der Waals surface area contributed by atoms with E-state index in [9.17, 15) is 24.9 Å². The molecule has 0 spiro atoms. The van der Waals surface area contributed by atoms with Crippen LogP contribution in [0.3, 0.4) is 0 Å². The number of nitrogens with zero attached hydrogens (tertiary/aromatic N) is 2. The molecule has 1 aromatic heterocycles. The first-order chi connectivity index (χ1) is 11.8. The van der Waals surface area contributed by atoms with E-state index in [1.165, 1.54) is 4.57 Å². The number of aliphatic carboxylic acids is 1. The average Bonchev–Trinajstić information content (AvgIpc) is 2.92. The minimum Gasteiger partial charge on any atom is -0.479 e. The lowest BCUT2D eigenvalue weighted by Crippen LogP contribution is -2.63. The smallest absolute Gasteiger partial charge is 0.335 e. The molecule has 4 N–H and O–H groups in total. The van der Waals surface area contributed by atoms with Crippen molar-refractivity contribution in [3.8, 4) is 0 Å². The predicted molar refractivity (Wildman–Crippen MR) is 80.9 cm³/mol. The van der Waals surface area contributed by atoms with Gasteiger partial charge in [-0.2, -0.15) is 4.57 Å². The van der Waals surface area contributed by atoms with Gasteiger partial charge in [0.1, 0.15) is 12.2 Å². The van der Waals surface area contributed by atoms with Gasteiger partial charge in [-0.3, -0.25) is 4.79 Å². The van der Waals surface area contributed by atoms with Crippen molar-refractivity contribution in [2.75, 3.05) is 7.05 Å². The van der Waals surface area contributed by atoms with E-state index in [0.29, 0.717) is 12.8 Å². The van der Waals surface area contributed by atoms with Crippen LogP contribution in [0.2, 0.25) is 0 Å². The molecule has 1 unspecified atom stereocenters. The quantitative estimate of drug-likeness (QED) is 0.478. The zero-order valence-electron chi connectivity index (χ0n) is 13.6. The van der Waals surface area contributed by atoms with Gasteiger partial charge >= 0.3 is 5.97 Å². The number of carboxylic acid groups (broad SMARTS) is 1. The molecule has 0 saturated carbocycles. The van der Waals surface area contributed by atoms with Gasteiger partial charge < -0.3 is 30.1 Å². The molecule has 0 aliphatic carbocycles. The number of aliphatic hydroxyl groups excluding tert-OH is 3. The molecule has 0 bridgehead atoms. The van der Waals surface area contributed by atoms with E-state index in [4.69, 9.17) is 9.84 Å². The normalized spacial score (nSPS) is 35.8. The molecule has 3 rings (SSSR count). The van der Waals surface area contributed by atoms with E-state index in [1.54, 1.807) is 30.4 Å². The molecule has 1 amide bonds. The number of aliphatic hydroxyl groups is 3. The van der Waals surface area contributed by atoms with Crippen LogP contribution in [-0.2, 0) is 14.3 Å². The van der Waals surface area contributed by atoms with Crippen LogP contribution in [0.25, 0.3) is 0 Å². The molecule has 25 heavy (non-hydrogen) atoms. The van der Waals surface area contributed by atoms with Gasteiger partial charge in [-0.25, -0.2) is 4.79 Å². The van der Waals surface area contributed by atoms with E-state index in [0.717, 1.165) is 5.56 Å². The highest BCUT2D eigenvalue weighted by Gasteiger charge is 2.51. The summed E-state index contributed by atoms with van der Waals surface area (Å²) in [6.07, 6.45) is -3.41. The van der Waals surface area contributed by atoms with Crippen molar-refractivity contribution >= 4 is 11.9 Å². The molecule has 1 aromatic rings. The SMILES string of the molecule is CN1C(=O)CC[C@H]1c1ccc[n+](C2O[C@H](C(=O)O)[C@@H](O)[C@H](O)[C@H]2O)c1. The van der Waals surface area contributed by atoms with Crippen molar-refractivity contribution in [2.45, 2.75) is 49.5 Å². The summed E-state index contributed by atoms with van der Waals surface area (Å²) in [7, 11) is 1.71. The number of aromatic nitrogens is 1. The molecule has 136 valence electrons. The maximum absolute atomic E-state index is 11.7. The summed E-state index contributed by atoms with van der Waals surface area (Å²) >= 11 is 0. The highest BCUT2D eigenvalue weighted by Crippen LogP contribution is 2.31. The number of hydrogen-bond acceptors (Lipinski definition) is 6. The van der Waals surface area contributed by atoms with Gasteiger partial charge in [-0.15, -0.1) is 0 Å². The number of hydrogen-bond donors (Lipinski definition) is 4. The number of carbonyl (C=O) groups is 2. The zero-order valence-corrected chi connectivity index (χ0v) is 13.6. The van der Waals surface area contributed by atoms with Crippen LogP contribution < -0.4 is 4.57 Å². The Labute approximate surface area is 143 Å². The number of amides is 1. The summed E-state index contributed by atoms with van der Waals surface area (Å²) in [6, 6.07) is 3.40. The largest absolute Gasteiger partial charge is 0.479 e. The summed E-state index contributed by atoms with van der Waals surface area (Å²) in [5.74, 6) is -1.39. The maximum Gasteiger partial charge on any atom is 0.335 e. The minimum absolute atomic E-state index is 0.0406. The second-order valence-electron chi connectivity index (χ2n) is 6.40. The Morgan fingerprint density at radius 2 is 2.00 bits per heavy atom. The number of carboxylic acids is 1. The summed E-state index contributed by atoms with van der Waals surface area (Å²) in [5.41, 5.74) is 0.805. The first kappa shape index (κ1) is 17.7. The molecule has 2 fully saturated rings. The van der Waals surface area contributed by atoms with Crippen molar-refractivity contribution in [3.05, 3.63) is 30.1 Å². The van der Waals surface area contributed by atoms with E-state index < -0.39 is 36.6 Å². The number of carbonyl (C=O) groups excluding carboxylic acids is 1. The van der Waals surface area contributed by atoms with E-state index in [2.05, 4.69) is 0 Å². The average molecular weight is 353 g/mol. The van der Waals surface area contributed by atoms with Crippen molar-refractivity contribution in [3.63, 3.8) is 0 Å². The third kappa shape index (κ3) is 3.11. The standard InChI is InChI=1S/C16H20N2O7/c1-17-9(4-5-10(17)19)8-3-2-6-18(7-8)15-13(22)11(20)12(21)14(25-15)16(23)24/h2-3,6-7,9,11-15,20-22H,4-5H2,1H3/p+1/t9-,11-,12-,13+,14-,15?/m0/s1. The molecule has 9 heteroatoms. The van der Waals surface area contributed by atoms with Crippen LogP contribution in [-0.4, -0.2) is 68.7 Å². The molecule has 3 heterocycles. The monoisotopic (exact) mass is 353 g/mol. The summed E-state index contributed by atoms with van der Waals surface area (Å²) < 4.78 is 6.76. The highest BCUT2D eigenvalue weighted by molar-refractivity contribution is 5.78. The van der Waals surface area contributed by atoms with E-state index in [-0.39, 0.29) is 11.9 Å². The third-order valence-electron chi connectivity index (χ3n) is 4.85. The van der Waals surface area contributed by atoms with Gasteiger partial charge in [0.2, 0.25) is 5.91 Å². The number of ether oxygens (including phenoxy) is 1. The molecule has 6 atom stereocenters. The lowest BCUT2D eigenvalue weighted by molar-refractivity contribution is -0.777. The Kier molecular flexibility index (Phi) is 4.74. The van der Waals surface area contributed by atoms with Crippen molar-refractivity contribution < 1.29 is 39.3 Å². The van der Waals surface area contributed by atoms with Gasteiger partial charge in [-0.1, -0.05) is 0 Å². The Morgan fingerprint density at radius 3 is 2.60 bits per heavy atom. The maximum atomic E-state index is 11.7. The molecule has 2 aliphatic rings. The molecule has 0 radical (unpaired) electrons. The minimum atomic E-state index is -1.73. The van der Waals surface area contributed by atoms with Crippen LogP contribution >= 0.6 is 0 Å². The van der Waals surface area contributed by atoms with Crippen LogP contribution in [0, 0.1) is 0 Å². The van der Waals surface area contributed by atoms with Crippen molar-refractivity contribution in [1.82, 2.24) is 4.90 Å². The van der Waals surface area contributed by atoms with Crippen LogP contribution in [0.1, 0.15) is 30.7 Å². The van der Waals surface area contributed by atoms with Crippen molar-refractivity contribution in [1.29, 1.82) is 0 Å². The molecule has 2 aliphatic heterocycles. The lowest BCUT2D eigenvalue weighted by atomic mass is 9.97. The van der Waals surface area contributed by atoms with E-state index in [1.807, 2.05) is 6.07 Å². The van der Waals surface area contributed by atoms with E-state index >= 15 is 0 Å². The Bertz CT molecular complexity index is 682. The fraction of sp³-hybridized carbons (Fsp3) is 0.562. The fourth-order valence-electron chi connectivity index (χ4n) is 3.37. The Balaban J connectivity index is 1.89. The topological polar surface area (TPSA) is 131 Å². The van der Waals surface area contributed by atoms with Gasteiger partial charge in [0, 0.05) is 25.1 Å². The summed E-state index contributed by atoms with van der Waals surface area (Å²) in [6.45, 7) is 0. The highest BCUT2D eigenvalue weighted by atomic mass is 16.6. The van der Waals surface area contributed by atoms with Gasteiger partial charge in [-0.05, 0) is 12.5 Å². The van der Waals surface area contributed by atoms with Gasteiger partial charge in [0.25, 0.3) is 6.23 Å². The predicted octanol–water partition coefficient (Wildman–Crippen LogP) is -1.67. The van der Waals surface area contributed by atoms with Gasteiger partial charge in [0.05, 0.1) is 6.04 Å². The molecule has 9 nitrogen and oxygen atoms in total. The second-order valence-corrected chi connectivity index (χ2v) is 6.40. The van der Waals surface area contributed by atoms with Crippen LogP contribution in [0.15, 0.2) is 24.5 Å². The Morgan fingerprint density at radius 1 is 1.28 bits per heavy atom. The number of pyridine rings is 1. The van der Waals surface area contributed by atoms with Crippen LogP contribution in [0.4, 0.5) is 0 Å². The number of rotatable bonds is 3. The first-order valence-corrected chi connectivity index (χ1v) is 8.00. The molecule has 0 aromatic carbocycles. The van der Waals surface area contributed by atoms with Crippen molar-refractivity contribution in [2.24, 2.45) is 0 Å². The molecular weight excluding hydrogens is 332 g/mol. The summed E-state index contributed by atoms with van der Waals surface area (Å²) in [4.78, 5) is 24.6. The Hall–Kier alpha value is -2.07. The molecule has 2 saturated heterocycles. The lowest BCUT2D eigenvalue weighted by Gasteiger charge is -2.35. The zero-order chi connectivity index (χ0) is 18.3. The number of likely N-dealkylation sites (tertiary alicyclic amines) is 1. The summed E-state index contributed by atoms with van der Waals surface area (Å²) in [5, 5.41) is 39.0.